The van der Waals surface area contributed by atoms with Crippen molar-refractivity contribution in [3.05, 3.63) is 59.7 Å². The molecule has 2 aliphatic rings. The van der Waals surface area contributed by atoms with Gasteiger partial charge in [-0.25, -0.2) is 0 Å². The van der Waals surface area contributed by atoms with Crippen LogP contribution in [0.4, 0.5) is 0 Å². The minimum Gasteiger partial charge on any atom is -0.481 e. The van der Waals surface area contributed by atoms with E-state index in [9.17, 15) is 9.59 Å². The summed E-state index contributed by atoms with van der Waals surface area (Å²) in [6.45, 7) is 0.356. The predicted octanol–water partition coefficient (Wildman–Crippen LogP) is 4.23. The highest BCUT2D eigenvalue weighted by Gasteiger charge is 2.34. The second kappa shape index (κ2) is 6.94. The van der Waals surface area contributed by atoms with Crippen molar-refractivity contribution in [3.63, 3.8) is 0 Å². The third-order valence-corrected chi connectivity index (χ3v) is 5.72. The van der Waals surface area contributed by atoms with E-state index in [0.717, 1.165) is 6.42 Å². The van der Waals surface area contributed by atoms with Gasteiger partial charge in [-0.05, 0) is 47.4 Å². The Balaban J connectivity index is 1.33. The molecule has 2 aromatic rings. The number of esters is 1. The zero-order chi connectivity index (χ0) is 18.1. The van der Waals surface area contributed by atoms with Gasteiger partial charge in [0, 0.05) is 12.3 Å². The highest BCUT2D eigenvalue weighted by atomic mass is 16.5. The molecule has 0 unspecified atom stereocenters. The van der Waals surface area contributed by atoms with Crippen molar-refractivity contribution in [2.45, 2.75) is 31.6 Å². The maximum atomic E-state index is 12.1. The average molecular weight is 350 g/mol. The number of carbonyl (C=O) groups excluding carboxylic acids is 1. The third kappa shape index (κ3) is 3.12. The smallest absolute Gasteiger partial charge is 0.306 e. The Morgan fingerprint density at radius 3 is 2.12 bits per heavy atom. The first-order valence-electron chi connectivity index (χ1n) is 9.20. The van der Waals surface area contributed by atoms with E-state index in [2.05, 4.69) is 24.3 Å². The summed E-state index contributed by atoms with van der Waals surface area (Å²) in [5.41, 5.74) is 4.87. The van der Waals surface area contributed by atoms with Crippen molar-refractivity contribution >= 4 is 11.9 Å². The molecule has 134 valence electrons. The molecule has 4 nitrogen and oxygen atoms in total. The molecule has 0 bridgehead atoms. The van der Waals surface area contributed by atoms with Crippen molar-refractivity contribution in [1.82, 2.24) is 0 Å². The lowest BCUT2D eigenvalue weighted by molar-refractivity contribution is -0.147. The van der Waals surface area contributed by atoms with Gasteiger partial charge >= 0.3 is 11.9 Å². The number of rotatable bonds is 6. The van der Waals surface area contributed by atoms with E-state index in [1.54, 1.807) is 0 Å². The van der Waals surface area contributed by atoms with E-state index in [-0.39, 0.29) is 17.8 Å². The van der Waals surface area contributed by atoms with Crippen LogP contribution in [0.3, 0.4) is 0 Å². The van der Waals surface area contributed by atoms with E-state index in [1.165, 1.54) is 22.3 Å². The molecule has 0 saturated heterocycles. The lowest BCUT2D eigenvalue weighted by Gasteiger charge is -2.31. The maximum absolute atomic E-state index is 12.1. The lowest BCUT2D eigenvalue weighted by atomic mass is 9.73. The summed E-state index contributed by atoms with van der Waals surface area (Å²) in [5.74, 6) is -0.696. The van der Waals surface area contributed by atoms with Crippen LogP contribution in [0, 0.1) is 11.8 Å². The average Bonchev–Trinajstić information content (AvgIpc) is 2.92. The Hall–Kier alpha value is -2.62. The molecule has 26 heavy (non-hydrogen) atoms. The molecule has 4 rings (SSSR count). The van der Waals surface area contributed by atoms with Crippen LogP contribution >= 0.6 is 0 Å². The van der Waals surface area contributed by atoms with E-state index in [0.29, 0.717) is 31.8 Å². The fraction of sp³-hybridized carbons (Fsp3) is 0.364. The van der Waals surface area contributed by atoms with E-state index >= 15 is 0 Å². The second-order valence-corrected chi connectivity index (χ2v) is 7.32. The lowest BCUT2D eigenvalue weighted by Crippen LogP contribution is -2.30. The standard InChI is InChI=1S/C22H22O4/c23-21(10-9-14-11-15(12-14)22(24)25)26-13-20-18-7-3-1-5-16(18)17-6-2-4-8-19(17)20/h1-8,14-15,20H,9-13H2,(H,24,25). The van der Waals surface area contributed by atoms with Crippen molar-refractivity contribution in [1.29, 1.82) is 0 Å². The van der Waals surface area contributed by atoms with Gasteiger partial charge in [-0.2, -0.15) is 0 Å². The Bertz CT molecular complexity index is 790. The van der Waals surface area contributed by atoms with Gasteiger partial charge in [-0.1, -0.05) is 48.5 Å². The SMILES string of the molecule is O=C(CCC1CC(C(=O)O)C1)OCC1c2ccccc2-c2ccccc21. The monoisotopic (exact) mass is 350 g/mol. The summed E-state index contributed by atoms with van der Waals surface area (Å²) >= 11 is 0. The van der Waals surface area contributed by atoms with Crippen molar-refractivity contribution in [3.8, 4) is 11.1 Å². The Labute approximate surface area is 152 Å². The number of carbonyl (C=O) groups is 2. The summed E-state index contributed by atoms with van der Waals surface area (Å²) < 4.78 is 5.58. The number of aliphatic carboxylic acids is 1. The first-order valence-corrected chi connectivity index (χ1v) is 9.20. The molecule has 0 radical (unpaired) electrons. The van der Waals surface area contributed by atoms with Crippen LogP contribution in [0.25, 0.3) is 11.1 Å². The highest BCUT2D eigenvalue weighted by molar-refractivity contribution is 5.79. The second-order valence-electron chi connectivity index (χ2n) is 7.32. The van der Waals surface area contributed by atoms with Gasteiger partial charge in [-0.3, -0.25) is 9.59 Å². The van der Waals surface area contributed by atoms with Crippen LogP contribution < -0.4 is 0 Å². The maximum Gasteiger partial charge on any atom is 0.306 e. The third-order valence-electron chi connectivity index (χ3n) is 5.72. The largest absolute Gasteiger partial charge is 0.481 e. The molecule has 1 saturated carbocycles. The Morgan fingerprint density at radius 2 is 1.54 bits per heavy atom. The summed E-state index contributed by atoms with van der Waals surface area (Å²) in [6.07, 6.45) is 2.46. The first kappa shape index (κ1) is 16.8. The van der Waals surface area contributed by atoms with Crippen LogP contribution in [-0.4, -0.2) is 23.7 Å². The number of fused-ring (bicyclic) bond motifs is 3. The topological polar surface area (TPSA) is 63.6 Å². The first-order chi connectivity index (χ1) is 12.6. The summed E-state index contributed by atoms with van der Waals surface area (Å²) in [4.78, 5) is 23.0. The van der Waals surface area contributed by atoms with Crippen molar-refractivity contribution in [2.75, 3.05) is 6.61 Å². The molecule has 1 fully saturated rings. The van der Waals surface area contributed by atoms with Gasteiger partial charge in [0.1, 0.15) is 6.61 Å². The Kier molecular flexibility index (Phi) is 4.49. The number of carboxylic acid groups (broad SMARTS) is 1. The molecule has 0 aromatic heterocycles. The van der Waals surface area contributed by atoms with Gasteiger partial charge in [0.25, 0.3) is 0 Å². The predicted molar refractivity (Wildman–Crippen MR) is 97.8 cm³/mol. The van der Waals surface area contributed by atoms with Gasteiger partial charge in [0.2, 0.25) is 0 Å². The molecule has 2 aromatic carbocycles. The molecule has 4 heteroatoms. The molecular formula is C22H22O4. The minimum atomic E-state index is -0.720. The van der Waals surface area contributed by atoms with E-state index < -0.39 is 5.97 Å². The van der Waals surface area contributed by atoms with Crippen LogP contribution in [-0.2, 0) is 14.3 Å². The van der Waals surface area contributed by atoms with Gasteiger partial charge in [0.15, 0.2) is 0 Å². The van der Waals surface area contributed by atoms with Crippen molar-refractivity contribution in [2.24, 2.45) is 11.8 Å². The molecule has 0 spiro atoms. The minimum absolute atomic E-state index is 0.0893. The van der Waals surface area contributed by atoms with Gasteiger partial charge < -0.3 is 9.84 Å². The number of benzene rings is 2. The van der Waals surface area contributed by atoms with Gasteiger partial charge in [0.05, 0.1) is 5.92 Å². The molecule has 0 atom stereocenters. The quantitative estimate of drug-likeness (QED) is 0.792. The number of hydrogen-bond donors (Lipinski definition) is 1. The van der Waals surface area contributed by atoms with Crippen molar-refractivity contribution < 1.29 is 19.4 Å². The van der Waals surface area contributed by atoms with E-state index in [1.807, 2.05) is 24.3 Å². The van der Waals surface area contributed by atoms with Crippen LogP contribution in [0.15, 0.2) is 48.5 Å². The Morgan fingerprint density at radius 1 is 0.962 bits per heavy atom. The summed E-state index contributed by atoms with van der Waals surface area (Å²) in [7, 11) is 0. The molecule has 0 aliphatic heterocycles. The van der Waals surface area contributed by atoms with Gasteiger partial charge in [-0.15, -0.1) is 0 Å². The number of hydrogen-bond acceptors (Lipinski definition) is 3. The molecule has 0 amide bonds. The molecule has 2 aliphatic carbocycles. The zero-order valence-corrected chi connectivity index (χ0v) is 14.6. The molecule has 0 heterocycles. The number of carboxylic acids is 1. The summed E-state index contributed by atoms with van der Waals surface area (Å²) in [5, 5.41) is 8.90. The normalized spacial score (nSPS) is 20.8. The molecular weight excluding hydrogens is 328 g/mol. The van der Waals surface area contributed by atoms with Crippen LogP contribution in [0.2, 0.25) is 0 Å². The number of ether oxygens (including phenoxy) is 1. The van der Waals surface area contributed by atoms with E-state index in [4.69, 9.17) is 9.84 Å². The molecule has 1 N–H and O–H groups in total. The van der Waals surface area contributed by atoms with Crippen LogP contribution in [0.1, 0.15) is 42.7 Å². The highest BCUT2D eigenvalue weighted by Crippen LogP contribution is 2.44. The fourth-order valence-electron chi connectivity index (χ4n) is 4.18. The fourth-order valence-corrected chi connectivity index (χ4v) is 4.18. The van der Waals surface area contributed by atoms with Crippen LogP contribution in [0.5, 0.6) is 0 Å². The zero-order valence-electron chi connectivity index (χ0n) is 14.6. The summed E-state index contributed by atoms with van der Waals surface area (Å²) in [6, 6.07) is 16.6.